The van der Waals surface area contributed by atoms with Gasteiger partial charge in [-0.1, -0.05) is 23.7 Å². The Labute approximate surface area is 122 Å². The minimum absolute atomic E-state index is 0.0608. The molecule has 0 aliphatic carbocycles. The highest BCUT2D eigenvalue weighted by Gasteiger charge is 2.34. The summed E-state index contributed by atoms with van der Waals surface area (Å²) in [6.07, 6.45) is -0.207. The van der Waals surface area contributed by atoms with Gasteiger partial charge >= 0.3 is 0 Å². The van der Waals surface area contributed by atoms with Crippen molar-refractivity contribution >= 4 is 17.5 Å². The molecule has 2 fully saturated rings. The second-order valence-corrected chi connectivity index (χ2v) is 5.39. The maximum atomic E-state index is 12.1. The van der Waals surface area contributed by atoms with Gasteiger partial charge in [-0.2, -0.15) is 0 Å². The smallest absolute Gasteiger partial charge is 0.238 e. The van der Waals surface area contributed by atoms with E-state index in [0.29, 0.717) is 37.9 Å². The molecule has 1 N–H and O–H groups in total. The molecule has 2 heterocycles. The number of hydrogen-bond donors (Lipinski definition) is 1. The Morgan fingerprint density at radius 2 is 2.30 bits per heavy atom. The molecule has 2 aliphatic heterocycles. The fourth-order valence-electron chi connectivity index (χ4n) is 2.58. The third kappa shape index (κ3) is 2.96. The largest absolute Gasteiger partial charge is 0.376 e. The molecule has 0 saturated carbocycles. The number of nitrogens with one attached hydrogen (secondary N) is 1. The highest BCUT2D eigenvalue weighted by molar-refractivity contribution is 6.30. The molecule has 1 aromatic carbocycles. The number of halogens is 1. The van der Waals surface area contributed by atoms with Crippen LogP contribution in [-0.2, 0) is 14.3 Å². The van der Waals surface area contributed by atoms with E-state index >= 15 is 0 Å². The highest BCUT2D eigenvalue weighted by atomic mass is 35.5. The monoisotopic (exact) mass is 296 g/mol. The molecule has 0 aromatic heterocycles. The predicted molar refractivity (Wildman–Crippen MR) is 74.5 cm³/mol. The van der Waals surface area contributed by atoms with Crippen LogP contribution in [0.3, 0.4) is 0 Å². The van der Waals surface area contributed by atoms with Gasteiger partial charge in [0.1, 0.15) is 6.17 Å². The van der Waals surface area contributed by atoms with Gasteiger partial charge in [0.2, 0.25) is 5.91 Å². The molecule has 0 radical (unpaired) electrons. The first-order valence-electron chi connectivity index (χ1n) is 6.72. The van der Waals surface area contributed by atoms with E-state index in [-0.39, 0.29) is 18.2 Å². The summed E-state index contributed by atoms with van der Waals surface area (Å²) < 4.78 is 11.0. The topological polar surface area (TPSA) is 50.8 Å². The van der Waals surface area contributed by atoms with Crippen LogP contribution in [0.5, 0.6) is 0 Å². The van der Waals surface area contributed by atoms with Crippen molar-refractivity contribution < 1.29 is 14.3 Å². The first-order valence-corrected chi connectivity index (χ1v) is 7.09. The van der Waals surface area contributed by atoms with Crippen LogP contribution in [0.1, 0.15) is 11.7 Å². The van der Waals surface area contributed by atoms with Crippen molar-refractivity contribution in [1.29, 1.82) is 0 Å². The van der Waals surface area contributed by atoms with Crippen molar-refractivity contribution in [3.05, 3.63) is 34.9 Å². The maximum absolute atomic E-state index is 12.1. The third-order valence-corrected chi connectivity index (χ3v) is 3.76. The second-order valence-electron chi connectivity index (χ2n) is 4.95. The molecule has 2 unspecified atom stereocenters. The molecule has 1 aromatic rings. The number of hydrogen-bond acceptors (Lipinski definition) is 4. The summed E-state index contributed by atoms with van der Waals surface area (Å²) in [4.78, 5) is 13.8. The van der Waals surface area contributed by atoms with Crippen LogP contribution in [0.4, 0.5) is 0 Å². The van der Waals surface area contributed by atoms with E-state index in [0.717, 1.165) is 5.56 Å². The van der Waals surface area contributed by atoms with E-state index in [1.807, 2.05) is 24.3 Å². The van der Waals surface area contributed by atoms with Crippen molar-refractivity contribution in [3.8, 4) is 0 Å². The third-order valence-electron chi connectivity index (χ3n) is 3.53. The summed E-state index contributed by atoms with van der Waals surface area (Å²) in [5.74, 6) is 0.0733. The Balaban J connectivity index is 1.74. The first kappa shape index (κ1) is 13.8. The van der Waals surface area contributed by atoms with Gasteiger partial charge in [-0.15, -0.1) is 0 Å². The molecule has 0 spiro atoms. The molecule has 2 aliphatic rings. The van der Waals surface area contributed by atoms with E-state index in [2.05, 4.69) is 5.32 Å². The molecule has 5 nitrogen and oxygen atoms in total. The SMILES string of the molecule is O=C1CNC(c2cccc(Cl)c2)N1CC1COCCO1. The maximum Gasteiger partial charge on any atom is 0.238 e. The molecule has 2 atom stereocenters. The van der Waals surface area contributed by atoms with Crippen molar-refractivity contribution in [2.24, 2.45) is 0 Å². The number of rotatable bonds is 3. The van der Waals surface area contributed by atoms with Gasteiger partial charge in [-0.3, -0.25) is 10.1 Å². The first-order chi connectivity index (χ1) is 9.74. The Hall–Kier alpha value is -1.14. The summed E-state index contributed by atoms with van der Waals surface area (Å²) in [6, 6.07) is 7.56. The summed E-state index contributed by atoms with van der Waals surface area (Å²) in [6.45, 7) is 2.61. The van der Waals surface area contributed by atoms with Crippen molar-refractivity contribution in [1.82, 2.24) is 10.2 Å². The lowest BCUT2D eigenvalue weighted by Crippen LogP contribution is -2.42. The average molecular weight is 297 g/mol. The van der Waals surface area contributed by atoms with E-state index in [1.165, 1.54) is 0 Å². The lowest BCUT2D eigenvalue weighted by atomic mass is 10.1. The fraction of sp³-hybridized carbons (Fsp3) is 0.500. The Morgan fingerprint density at radius 1 is 1.40 bits per heavy atom. The Morgan fingerprint density at radius 3 is 3.05 bits per heavy atom. The van der Waals surface area contributed by atoms with Gasteiger partial charge in [0.15, 0.2) is 0 Å². The van der Waals surface area contributed by atoms with E-state index in [4.69, 9.17) is 21.1 Å². The van der Waals surface area contributed by atoms with Gasteiger partial charge in [0.05, 0.1) is 39.0 Å². The standard InChI is InChI=1S/C14H17ClN2O3/c15-11-3-1-2-10(6-11)14-16-7-13(18)17(14)8-12-9-19-4-5-20-12/h1-3,6,12,14,16H,4-5,7-9H2. The quantitative estimate of drug-likeness (QED) is 0.910. The molecule has 2 saturated heterocycles. The predicted octanol–water partition coefficient (Wildman–Crippen LogP) is 1.19. The Bertz CT molecular complexity index is 491. The van der Waals surface area contributed by atoms with E-state index < -0.39 is 0 Å². The molecular weight excluding hydrogens is 280 g/mol. The van der Waals surface area contributed by atoms with Crippen molar-refractivity contribution in [3.63, 3.8) is 0 Å². The molecule has 0 bridgehead atoms. The Kier molecular flexibility index (Phi) is 4.21. The molecule has 3 rings (SSSR count). The molecule has 6 heteroatoms. The molecule has 20 heavy (non-hydrogen) atoms. The number of amides is 1. The van der Waals surface area contributed by atoms with E-state index in [1.54, 1.807) is 4.90 Å². The number of carbonyl (C=O) groups excluding carboxylic acids is 1. The van der Waals surface area contributed by atoms with Gasteiger partial charge in [0.25, 0.3) is 0 Å². The van der Waals surface area contributed by atoms with Gasteiger partial charge in [-0.25, -0.2) is 0 Å². The normalized spacial score (nSPS) is 27.1. The zero-order valence-electron chi connectivity index (χ0n) is 11.0. The van der Waals surface area contributed by atoms with Gasteiger partial charge in [0, 0.05) is 5.02 Å². The fourth-order valence-corrected chi connectivity index (χ4v) is 2.78. The van der Waals surface area contributed by atoms with Crippen molar-refractivity contribution in [2.45, 2.75) is 12.3 Å². The summed E-state index contributed by atoms with van der Waals surface area (Å²) >= 11 is 6.02. The summed E-state index contributed by atoms with van der Waals surface area (Å²) in [5, 5.41) is 3.88. The molecule has 108 valence electrons. The van der Waals surface area contributed by atoms with Crippen LogP contribution in [0.15, 0.2) is 24.3 Å². The average Bonchev–Trinajstić information content (AvgIpc) is 2.82. The van der Waals surface area contributed by atoms with E-state index in [9.17, 15) is 4.79 Å². The lowest BCUT2D eigenvalue weighted by molar-refractivity contribution is -0.135. The highest BCUT2D eigenvalue weighted by Crippen LogP contribution is 2.25. The number of carbonyl (C=O) groups is 1. The minimum atomic E-state index is -0.147. The summed E-state index contributed by atoms with van der Waals surface area (Å²) in [7, 11) is 0. The number of ether oxygens (including phenoxy) is 2. The lowest BCUT2D eigenvalue weighted by Gasteiger charge is -2.31. The van der Waals surface area contributed by atoms with Gasteiger partial charge in [-0.05, 0) is 17.7 Å². The zero-order chi connectivity index (χ0) is 13.9. The summed E-state index contributed by atoms with van der Waals surface area (Å²) in [5.41, 5.74) is 0.986. The molecule has 1 amide bonds. The van der Waals surface area contributed by atoms with Gasteiger partial charge < -0.3 is 14.4 Å². The van der Waals surface area contributed by atoms with Crippen LogP contribution in [-0.4, -0.2) is 49.8 Å². The van der Waals surface area contributed by atoms with Crippen molar-refractivity contribution in [2.75, 3.05) is 32.9 Å². The van der Waals surface area contributed by atoms with Crippen LogP contribution >= 0.6 is 11.6 Å². The second kappa shape index (κ2) is 6.10. The minimum Gasteiger partial charge on any atom is -0.376 e. The van der Waals surface area contributed by atoms with Crippen LogP contribution in [0.2, 0.25) is 5.02 Å². The zero-order valence-corrected chi connectivity index (χ0v) is 11.8. The molecular formula is C14H17ClN2O3. The van der Waals surface area contributed by atoms with Crippen LogP contribution in [0.25, 0.3) is 0 Å². The number of benzene rings is 1. The van der Waals surface area contributed by atoms with Crippen LogP contribution < -0.4 is 5.32 Å². The van der Waals surface area contributed by atoms with Crippen LogP contribution in [0, 0.1) is 0 Å². The number of nitrogens with zero attached hydrogens (tertiary/aromatic N) is 1.